The van der Waals surface area contributed by atoms with Crippen molar-refractivity contribution in [1.82, 2.24) is 14.5 Å². The summed E-state index contributed by atoms with van der Waals surface area (Å²) >= 11 is 13.0. The Morgan fingerprint density at radius 3 is 2.79 bits per heavy atom. The first-order chi connectivity index (χ1) is 13.8. The molecule has 1 fully saturated rings. The van der Waals surface area contributed by atoms with E-state index >= 15 is 0 Å². The van der Waals surface area contributed by atoms with E-state index < -0.39 is 11.0 Å². The van der Waals surface area contributed by atoms with Crippen LogP contribution in [0.2, 0.25) is 5.02 Å². The van der Waals surface area contributed by atoms with E-state index in [-0.39, 0.29) is 12.4 Å². The van der Waals surface area contributed by atoms with Gasteiger partial charge in [0.1, 0.15) is 23.2 Å². The second kappa shape index (κ2) is 9.75. The second-order valence-corrected chi connectivity index (χ2v) is 8.81. The largest absolute Gasteiger partial charge is 0.388 e. The van der Waals surface area contributed by atoms with Crippen molar-refractivity contribution >= 4 is 51.4 Å². The van der Waals surface area contributed by atoms with Crippen LogP contribution in [0.5, 0.6) is 0 Å². The first-order valence-electron chi connectivity index (χ1n) is 9.12. The van der Waals surface area contributed by atoms with Gasteiger partial charge >= 0.3 is 5.82 Å². The third-order valence-corrected chi connectivity index (χ3v) is 6.63. The lowest BCUT2D eigenvalue weighted by atomic mass is 10.2. The normalized spacial score (nSPS) is 15.4. The summed E-state index contributed by atoms with van der Waals surface area (Å²) in [5, 5.41) is 22.1. The fourth-order valence-electron chi connectivity index (χ4n) is 3.17. The van der Waals surface area contributed by atoms with E-state index in [1.54, 1.807) is 6.92 Å². The summed E-state index contributed by atoms with van der Waals surface area (Å²) in [7, 11) is 0. The molecule has 8 nitrogen and oxygen atoms in total. The molecule has 0 spiro atoms. The van der Waals surface area contributed by atoms with Crippen molar-refractivity contribution in [2.75, 3.05) is 36.8 Å². The van der Waals surface area contributed by atoms with Crippen molar-refractivity contribution in [1.29, 1.82) is 0 Å². The van der Waals surface area contributed by atoms with Crippen molar-refractivity contribution in [2.45, 2.75) is 19.6 Å². The van der Waals surface area contributed by atoms with Gasteiger partial charge in [0.2, 0.25) is 0 Å². The Labute approximate surface area is 183 Å². The highest BCUT2D eigenvalue weighted by molar-refractivity contribution is 8.22. The highest BCUT2D eigenvalue weighted by Crippen LogP contribution is 2.22. The number of aliphatic hydroxyl groups is 1. The molecule has 1 atom stereocenters. The fraction of sp³-hybridized carbons (Fsp3) is 0.444. The number of aromatic nitrogens is 2. The Morgan fingerprint density at radius 2 is 2.14 bits per heavy atom. The molecule has 1 aromatic carbocycles. The number of nitro groups is 1. The lowest BCUT2D eigenvalue weighted by Crippen LogP contribution is -2.47. The SMILES string of the molecule is Cc1ncc([N+](=O)[O-])n1CC(O)CSC(=S)N1CCN(c2cccc(Cl)c2)CC1. The maximum absolute atomic E-state index is 11.1. The molecule has 2 heterocycles. The molecule has 2 aromatic rings. The Bertz CT molecular complexity index is 886. The molecule has 1 aliphatic rings. The first kappa shape index (κ1) is 21.8. The van der Waals surface area contributed by atoms with Crippen LogP contribution in [-0.4, -0.2) is 66.8 Å². The predicted molar refractivity (Wildman–Crippen MR) is 120 cm³/mol. The topological polar surface area (TPSA) is 87.7 Å². The molecule has 3 rings (SSSR count). The summed E-state index contributed by atoms with van der Waals surface area (Å²) in [4.78, 5) is 18.9. The molecule has 0 aliphatic carbocycles. The average molecular weight is 456 g/mol. The molecule has 29 heavy (non-hydrogen) atoms. The number of thiocarbonyl (C=S) groups is 1. The van der Waals surface area contributed by atoms with Crippen LogP contribution in [0, 0.1) is 17.0 Å². The van der Waals surface area contributed by atoms with E-state index in [1.807, 2.05) is 24.3 Å². The number of rotatable bonds is 6. The van der Waals surface area contributed by atoms with Gasteiger partial charge in [0.25, 0.3) is 0 Å². The number of thioether (sulfide) groups is 1. The maximum Gasteiger partial charge on any atom is 0.342 e. The minimum atomic E-state index is -0.766. The number of imidazole rings is 1. The van der Waals surface area contributed by atoms with Gasteiger partial charge in [0.05, 0.1) is 0 Å². The molecule has 156 valence electrons. The number of nitrogens with zero attached hydrogens (tertiary/aromatic N) is 5. The van der Waals surface area contributed by atoms with Gasteiger partial charge in [-0.1, -0.05) is 41.6 Å². The molecule has 0 saturated carbocycles. The maximum atomic E-state index is 11.1. The summed E-state index contributed by atoms with van der Waals surface area (Å²) in [5.74, 6) is 0.744. The quantitative estimate of drug-likeness (QED) is 0.404. The number of hydrogen-bond donors (Lipinski definition) is 1. The first-order valence-corrected chi connectivity index (χ1v) is 10.9. The summed E-state index contributed by atoms with van der Waals surface area (Å²) in [5.41, 5.74) is 1.10. The van der Waals surface area contributed by atoms with Crippen molar-refractivity contribution in [2.24, 2.45) is 0 Å². The standard InChI is InChI=1S/C18H22ClN5O3S2/c1-13-20-10-17(24(26)27)23(13)11-16(25)12-29-18(28)22-7-5-21(6-8-22)15-4-2-3-14(19)9-15/h2-4,9-10,16,25H,5-8,11-12H2,1H3. The van der Waals surface area contributed by atoms with Crippen LogP contribution in [0.4, 0.5) is 11.5 Å². The van der Waals surface area contributed by atoms with E-state index in [0.717, 1.165) is 41.2 Å². The van der Waals surface area contributed by atoms with Gasteiger partial charge in [0, 0.05) is 49.6 Å². The molecule has 1 aromatic heterocycles. The number of piperazine rings is 1. The molecule has 0 bridgehead atoms. The molecular formula is C18H22ClN5O3S2. The number of aliphatic hydroxyl groups excluding tert-OH is 1. The third-order valence-electron chi connectivity index (χ3n) is 4.72. The predicted octanol–water partition coefficient (Wildman–Crippen LogP) is 2.95. The van der Waals surface area contributed by atoms with Crippen LogP contribution in [0.1, 0.15) is 5.82 Å². The molecule has 1 N–H and O–H groups in total. The van der Waals surface area contributed by atoms with Crippen molar-refractivity contribution in [3.63, 3.8) is 0 Å². The van der Waals surface area contributed by atoms with E-state index in [1.165, 1.54) is 22.5 Å². The molecule has 11 heteroatoms. The van der Waals surface area contributed by atoms with Gasteiger partial charge in [-0.15, -0.1) is 0 Å². The number of aryl methyl sites for hydroxylation is 1. The minimum Gasteiger partial charge on any atom is -0.388 e. The third kappa shape index (κ3) is 5.59. The van der Waals surface area contributed by atoms with Gasteiger partial charge in [-0.2, -0.15) is 0 Å². The number of hydrogen-bond acceptors (Lipinski definition) is 7. The lowest BCUT2D eigenvalue weighted by Gasteiger charge is -2.37. The van der Waals surface area contributed by atoms with E-state index in [0.29, 0.717) is 11.6 Å². The van der Waals surface area contributed by atoms with Gasteiger partial charge in [-0.05, 0) is 23.1 Å². The summed E-state index contributed by atoms with van der Waals surface area (Å²) in [6, 6.07) is 7.80. The number of anilines is 1. The van der Waals surface area contributed by atoms with Gasteiger partial charge in [0.15, 0.2) is 5.82 Å². The smallest absolute Gasteiger partial charge is 0.342 e. The number of benzene rings is 1. The summed E-state index contributed by atoms with van der Waals surface area (Å²) in [6.45, 7) is 5.05. The zero-order chi connectivity index (χ0) is 21.0. The molecular weight excluding hydrogens is 434 g/mol. The van der Waals surface area contributed by atoms with Gasteiger partial charge in [-0.25, -0.2) is 9.55 Å². The van der Waals surface area contributed by atoms with Crippen molar-refractivity contribution in [3.05, 3.63) is 51.4 Å². The molecule has 0 radical (unpaired) electrons. The molecule has 1 saturated heterocycles. The van der Waals surface area contributed by atoms with Crippen LogP contribution >= 0.6 is 35.6 Å². The summed E-state index contributed by atoms with van der Waals surface area (Å²) in [6.07, 6.45) is 0.441. The minimum absolute atomic E-state index is 0.111. The Morgan fingerprint density at radius 1 is 1.41 bits per heavy atom. The fourth-order valence-corrected chi connectivity index (χ4v) is 4.55. The molecule has 0 amide bonds. The molecule has 1 aliphatic heterocycles. The number of halogens is 1. The van der Waals surface area contributed by atoms with E-state index in [2.05, 4.69) is 14.8 Å². The summed E-state index contributed by atoms with van der Waals surface area (Å²) < 4.78 is 2.14. The zero-order valence-electron chi connectivity index (χ0n) is 15.9. The highest BCUT2D eigenvalue weighted by Gasteiger charge is 2.23. The van der Waals surface area contributed by atoms with Crippen LogP contribution in [-0.2, 0) is 6.54 Å². The van der Waals surface area contributed by atoms with Gasteiger partial charge < -0.3 is 25.0 Å². The van der Waals surface area contributed by atoms with Crippen LogP contribution in [0.3, 0.4) is 0 Å². The monoisotopic (exact) mass is 455 g/mol. The Hall–Kier alpha value is -1.88. The van der Waals surface area contributed by atoms with Crippen LogP contribution in [0.25, 0.3) is 0 Å². The highest BCUT2D eigenvalue weighted by atomic mass is 35.5. The van der Waals surface area contributed by atoms with Crippen LogP contribution in [0.15, 0.2) is 30.5 Å². The van der Waals surface area contributed by atoms with Gasteiger partial charge in [-0.3, -0.25) is 0 Å². The van der Waals surface area contributed by atoms with Crippen LogP contribution < -0.4 is 4.90 Å². The van der Waals surface area contributed by atoms with Crippen molar-refractivity contribution < 1.29 is 10.0 Å². The van der Waals surface area contributed by atoms with Crippen molar-refractivity contribution in [3.8, 4) is 0 Å². The average Bonchev–Trinajstić information content (AvgIpc) is 3.07. The Kier molecular flexibility index (Phi) is 7.33. The lowest BCUT2D eigenvalue weighted by molar-refractivity contribution is -0.392. The van der Waals surface area contributed by atoms with E-state index in [9.17, 15) is 15.2 Å². The Balaban J connectivity index is 1.47. The molecule has 1 unspecified atom stereocenters. The second-order valence-electron chi connectivity index (χ2n) is 6.72. The zero-order valence-corrected chi connectivity index (χ0v) is 18.3. The van der Waals surface area contributed by atoms with E-state index in [4.69, 9.17) is 23.8 Å².